The molecule has 5 rings (SSSR count). The van der Waals surface area contributed by atoms with Gasteiger partial charge in [-0.05, 0) is 44.7 Å². The van der Waals surface area contributed by atoms with E-state index < -0.39 is 0 Å². The number of fused-ring (bicyclic) bond motifs is 3. The summed E-state index contributed by atoms with van der Waals surface area (Å²) >= 11 is 0. The van der Waals surface area contributed by atoms with E-state index >= 15 is 0 Å². The highest BCUT2D eigenvalue weighted by Crippen LogP contribution is 2.40. The van der Waals surface area contributed by atoms with Gasteiger partial charge in [0.25, 0.3) is 0 Å². The van der Waals surface area contributed by atoms with Crippen LogP contribution in [0.3, 0.4) is 0 Å². The maximum Gasteiger partial charge on any atom is 0.211 e. The van der Waals surface area contributed by atoms with Crippen molar-refractivity contribution in [3.05, 3.63) is 29.6 Å². The first-order valence-corrected chi connectivity index (χ1v) is 7.71. The van der Waals surface area contributed by atoms with Crippen LogP contribution in [-0.4, -0.2) is 25.6 Å². The highest BCUT2D eigenvalue weighted by molar-refractivity contribution is 5.93. The molecule has 0 spiro atoms. The van der Waals surface area contributed by atoms with Crippen LogP contribution in [0.2, 0.25) is 0 Å². The summed E-state index contributed by atoms with van der Waals surface area (Å²) in [5.41, 5.74) is 3.16. The van der Waals surface area contributed by atoms with Crippen LogP contribution in [-0.2, 0) is 0 Å². The molecule has 2 saturated carbocycles. The van der Waals surface area contributed by atoms with Gasteiger partial charge in [0.2, 0.25) is 5.95 Å². The van der Waals surface area contributed by atoms with Gasteiger partial charge >= 0.3 is 0 Å². The van der Waals surface area contributed by atoms with E-state index in [0.29, 0.717) is 12.0 Å². The van der Waals surface area contributed by atoms with Gasteiger partial charge in [-0.25, -0.2) is 9.38 Å². The van der Waals surface area contributed by atoms with Crippen LogP contribution < -0.4 is 5.32 Å². The van der Waals surface area contributed by atoms with Crippen LogP contribution in [0, 0.1) is 6.92 Å². The molecule has 0 radical (unpaired) electrons. The molecule has 0 amide bonds. The summed E-state index contributed by atoms with van der Waals surface area (Å²) in [6.07, 6.45) is 4.90. The first kappa shape index (κ1) is 11.5. The summed E-state index contributed by atoms with van der Waals surface area (Å²) in [4.78, 5) is 4.84. The second-order valence-electron chi connectivity index (χ2n) is 6.37. The van der Waals surface area contributed by atoms with Crippen molar-refractivity contribution in [2.24, 2.45) is 0 Å². The van der Waals surface area contributed by atoms with E-state index in [9.17, 15) is 0 Å². The van der Waals surface area contributed by atoms with E-state index in [1.165, 1.54) is 31.2 Å². The largest absolute Gasteiger partial charge is 0.353 e. The lowest BCUT2D eigenvalue weighted by atomic mass is 10.1. The van der Waals surface area contributed by atoms with Gasteiger partial charge in [0.15, 0.2) is 5.65 Å². The van der Waals surface area contributed by atoms with Gasteiger partial charge in [-0.2, -0.15) is 0 Å². The maximum absolute atomic E-state index is 4.84. The summed E-state index contributed by atoms with van der Waals surface area (Å²) in [5, 5.41) is 13.6. The van der Waals surface area contributed by atoms with Gasteiger partial charge in [0, 0.05) is 17.3 Å². The molecule has 0 unspecified atom stereocenters. The number of hydrogen-bond acceptors (Lipinski definition) is 4. The average molecular weight is 279 g/mol. The predicted molar refractivity (Wildman–Crippen MR) is 81.6 cm³/mol. The quantitative estimate of drug-likeness (QED) is 0.800. The van der Waals surface area contributed by atoms with Crippen molar-refractivity contribution in [2.75, 3.05) is 5.32 Å². The van der Waals surface area contributed by atoms with Gasteiger partial charge in [-0.15, -0.1) is 10.2 Å². The molecule has 106 valence electrons. The Hall–Kier alpha value is -2.17. The molecule has 0 saturated heterocycles. The minimum atomic E-state index is 0.559. The fraction of sp³-hybridized carbons (Fsp3) is 0.438. The monoisotopic (exact) mass is 279 g/mol. The van der Waals surface area contributed by atoms with Crippen LogP contribution in [0.5, 0.6) is 0 Å². The highest BCUT2D eigenvalue weighted by Gasteiger charge is 2.31. The zero-order chi connectivity index (χ0) is 14.0. The lowest BCUT2D eigenvalue weighted by molar-refractivity contribution is 0.883. The van der Waals surface area contributed by atoms with Crippen molar-refractivity contribution in [2.45, 2.75) is 44.6 Å². The molecular weight excluding hydrogens is 262 g/mol. The van der Waals surface area contributed by atoms with Gasteiger partial charge in [0.1, 0.15) is 5.82 Å². The van der Waals surface area contributed by atoms with E-state index in [2.05, 4.69) is 45.0 Å². The number of anilines is 1. The standard InChI is InChI=1S/C16H17N5/c1-9-2-7-13-12(8-9)15-20-19-14(10-3-4-10)21(15)16(18-13)17-11-5-6-11/h2,7-8,10-11H,3-6H2,1H3,(H,17,18). The number of rotatable bonds is 3. The van der Waals surface area contributed by atoms with Gasteiger partial charge < -0.3 is 5.32 Å². The predicted octanol–water partition coefficient (Wildman–Crippen LogP) is 3.04. The van der Waals surface area contributed by atoms with E-state index in [4.69, 9.17) is 4.98 Å². The molecule has 5 heteroatoms. The van der Waals surface area contributed by atoms with Crippen molar-refractivity contribution in [1.82, 2.24) is 19.6 Å². The number of nitrogens with zero attached hydrogens (tertiary/aromatic N) is 4. The fourth-order valence-corrected chi connectivity index (χ4v) is 2.88. The molecule has 5 nitrogen and oxygen atoms in total. The van der Waals surface area contributed by atoms with Crippen LogP contribution in [0.1, 0.15) is 43.0 Å². The lowest BCUT2D eigenvalue weighted by Crippen LogP contribution is -2.10. The third-order valence-electron chi connectivity index (χ3n) is 4.37. The third kappa shape index (κ3) is 1.80. The number of aryl methyl sites for hydroxylation is 1. The van der Waals surface area contributed by atoms with Crippen molar-refractivity contribution in [3.63, 3.8) is 0 Å². The molecule has 21 heavy (non-hydrogen) atoms. The second kappa shape index (κ2) is 3.93. The SMILES string of the molecule is Cc1ccc2nc(NC3CC3)n3c(C4CC4)nnc3c2c1. The number of benzene rings is 1. The second-order valence-corrected chi connectivity index (χ2v) is 6.37. The maximum atomic E-state index is 4.84. The van der Waals surface area contributed by atoms with Crippen LogP contribution in [0.15, 0.2) is 18.2 Å². The number of aromatic nitrogens is 4. The summed E-state index contributed by atoms with van der Waals surface area (Å²) in [6.45, 7) is 2.10. The summed E-state index contributed by atoms with van der Waals surface area (Å²) in [5.74, 6) is 2.55. The minimum Gasteiger partial charge on any atom is -0.353 e. The zero-order valence-electron chi connectivity index (χ0n) is 12.0. The Balaban J connectivity index is 1.84. The number of nitrogens with one attached hydrogen (secondary N) is 1. The lowest BCUT2D eigenvalue weighted by Gasteiger charge is -2.10. The van der Waals surface area contributed by atoms with Crippen LogP contribution in [0.4, 0.5) is 5.95 Å². The average Bonchev–Trinajstić information content (AvgIpc) is 3.40. The molecule has 1 N–H and O–H groups in total. The van der Waals surface area contributed by atoms with E-state index in [1.54, 1.807) is 0 Å². The first-order chi connectivity index (χ1) is 10.3. The molecule has 2 aromatic heterocycles. The Labute approximate surface area is 122 Å². The Bertz CT molecular complexity index is 858. The molecule has 2 fully saturated rings. The van der Waals surface area contributed by atoms with Crippen LogP contribution in [0.25, 0.3) is 16.6 Å². The van der Waals surface area contributed by atoms with E-state index in [1.807, 2.05) is 0 Å². The molecule has 2 aliphatic rings. The Morgan fingerprint density at radius 1 is 1.14 bits per heavy atom. The molecular formula is C16H17N5. The summed E-state index contributed by atoms with van der Waals surface area (Å²) < 4.78 is 2.15. The molecule has 2 aliphatic carbocycles. The normalized spacial score (nSPS) is 18.5. The van der Waals surface area contributed by atoms with Gasteiger partial charge in [-0.3, -0.25) is 0 Å². The Morgan fingerprint density at radius 3 is 2.76 bits per heavy atom. The molecule has 3 aromatic rings. The van der Waals surface area contributed by atoms with Crippen LogP contribution >= 0.6 is 0 Å². The summed E-state index contributed by atoms with van der Waals surface area (Å²) in [7, 11) is 0. The molecule has 1 aromatic carbocycles. The topological polar surface area (TPSA) is 55.1 Å². The van der Waals surface area contributed by atoms with Crippen molar-refractivity contribution in [3.8, 4) is 0 Å². The first-order valence-electron chi connectivity index (χ1n) is 7.71. The van der Waals surface area contributed by atoms with Crippen molar-refractivity contribution >= 4 is 22.5 Å². The Kier molecular flexibility index (Phi) is 2.15. The summed E-state index contributed by atoms with van der Waals surface area (Å²) in [6, 6.07) is 6.90. The number of hydrogen-bond donors (Lipinski definition) is 1. The highest BCUT2D eigenvalue weighted by atomic mass is 15.3. The van der Waals surface area contributed by atoms with Gasteiger partial charge in [-0.1, -0.05) is 11.6 Å². The smallest absolute Gasteiger partial charge is 0.211 e. The molecule has 0 atom stereocenters. The zero-order valence-corrected chi connectivity index (χ0v) is 12.0. The van der Waals surface area contributed by atoms with E-state index in [-0.39, 0.29) is 0 Å². The Morgan fingerprint density at radius 2 is 2.00 bits per heavy atom. The van der Waals surface area contributed by atoms with Crippen molar-refractivity contribution in [1.29, 1.82) is 0 Å². The fourth-order valence-electron chi connectivity index (χ4n) is 2.88. The van der Waals surface area contributed by atoms with E-state index in [0.717, 1.165) is 28.3 Å². The third-order valence-corrected chi connectivity index (χ3v) is 4.37. The minimum absolute atomic E-state index is 0.559. The van der Waals surface area contributed by atoms with Crippen molar-refractivity contribution < 1.29 is 0 Å². The molecule has 0 aliphatic heterocycles. The molecule has 2 heterocycles. The van der Waals surface area contributed by atoms with Gasteiger partial charge in [0.05, 0.1) is 5.52 Å². The molecule has 0 bridgehead atoms.